The summed E-state index contributed by atoms with van der Waals surface area (Å²) in [7, 11) is 1.48. The van der Waals surface area contributed by atoms with Gasteiger partial charge >= 0.3 is 12.1 Å². The molecular weight excluding hydrogens is 418 g/mol. The number of carboxylic acid groups (broad SMARTS) is 1. The van der Waals surface area contributed by atoms with Crippen LogP contribution in [0.2, 0.25) is 0 Å². The van der Waals surface area contributed by atoms with Crippen LogP contribution in [0.3, 0.4) is 0 Å². The lowest BCUT2D eigenvalue weighted by molar-refractivity contribution is -0.135. The van der Waals surface area contributed by atoms with Gasteiger partial charge in [0.1, 0.15) is 19.0 Å². The number of hydrogen-bond acceptors (Lipinski definition) is 7. The molecule has 168 valence electrons. The third-order valence-electron chi connectivity index (χ3n) is 4.73. The standard InChI is InChI=1S/C22H23N3O7/c1-13(26)15-5-8-18(19(9-15)30-2)31-12-17-11-25(22(29)32-17)16-6-3-14(4-7-16)21(23)24-10-20(27)28/h3-9,17H,10-12H2,1-2H3,(H2,23,24)(H,27,28). The van der Waals surface area contributed by atoms with Gasteiger partial charge in [0, 0.05) is 16.8 Å². The zero-order valence-electron chi connectivity index (χ0n) is 17.6. The first-order valence-corrected chi connectivity index (χ1v) is 9.70. The summed E-state index contributed by atoms with van der Waals surface area (Å²) in [6.07, 6.45) is -1.03. The number of cyclic esters (lactones) is 1. The van der Waals surface area contributed by atoms with Crippen LogP contribution in [0.1, 0.15) is 22.8 Å². The third kappa shape index (κ3) is 5.34. The molecule has 1 fully saturated rings. The van der Waals surface area contributed by atoms with E-state index in [2.05, 4.69) is 4.99 Å². The Bertz CT molecular complexity index is 1050. The third-order valence-corrected chi connectivity index (χ3v) is 4.73. The van der Waals surface area contributed by atoms with Crippen molar-refractivity contribution in [1.82, 2.24) is 0 Å². The van der Waals surface area contributed by atoms with Crippen molar-refractivity contribution in [3.05, 3.63) is 53.6 Å². The number of anilines is 1. The van der Waals surface area contributed by atoms with E-state index in [1.807, 2.05) is 0 Å². The Morgan fingerprint density at radius 3 is 2.50 bits per heavy atom. The van der Waals surface area contributed by atoms with Crippen molar-refractivity contribution in [2.45, 2.75) is 13.0 Å². The Kier molecular flexibility index (Phi) is 6.93. The Morgan fingerprint density at radius 2 is 1.88 bits per heavy atom. The number of amidine groups is 1. The second-order valence-corrected chi connectivity index (χ2v) is 6.99. The van der Waals surface area contributed by atoms with E-state index in [1.165, 1.54) is 18.9 Å². The summed E-state index contributed by atoms with van der Waals surface area (Å²) in [5.41, 5.74) is 7.42. The molecule has 2 aromatic rings. The zero-order chi connectivity index (χ0) is 23.3. The minimum absolute atomic E-state index is 0.0869. The molecule has 0 spiro atoms. The van der Waals surface area contributed by atoms with Crippen LogP contribution in [0.25, 0.3) is 0 Å². The second-order valence-electron chi connectivity index (χ2n) is 6.99. The lowest BCUT2D eigenvalue weighted by Crippen LogP contribution is -2.26. The molecule has 3 rings (SSSR count). The fourth-order valence-corrected chi connectivity index (χ4v) is 3.06. The van der Waals surface area contributed by atoms with Gasteiger partial charge in [0.25, 0.3) is 0 Å². The maximum atomic E-state index is 12.3. The van der Waals surface area contributed by atoms with E-state index < -0.39 is 24.7 Å². The average molecular weight is 441 g/mol. The molecule has 1 atom stereocenters. The molecule has 10 nitrogen and oxygen atoms in total. The SMILES string of the molecule is COc1cc(C(C)=O)ccc1OCC1CN(c2ccc(C(N)=NCC(=O)O)cc2)C(=O)O1. The Labute approximate surface area is 184 Å². The van der Waals surface area contributed by atoms with E-state index in [4.69, 9.17) is 25.1 Å². The van der Waals surface area contributed by atoms with Crippen LogP contribution in [-0.4, -0.2) is 61.7 Å². The van der Waals surface area contributed by atoms with Crippen LogP contribution in [0.4, 0.5) is 10.5 Å². The number of nitrogens with zero attached hydrogens (tertiary/aromatic N) is 2. The molecule has 0 bridgehead atoms. The van der Waals surface area contributed by atoms with Gasteiger partial charge in [-0.2, -0.15) is 0 Å². The molecule has 1 unspecified atom stereocenters. The molecule has 1 heterocycles. The van der Waals surface area contributed by atoms with Gasteiger partial charge < -0.3 is 25.1 Å². The molecule has 2 aromatic carbocycles. The minimum Gasteiger partial charge on any atom is -0.493 e. The van der Waals surface area contributed by atoms with Crippen molar-refractivity contribution in [2.75, 3.05) is 31.7 Å². The van der Waals surface area contributed by atoms with E-state index >= 15 is 0 Å². The van der Waals surface area contributed by atoms with Crippen LogP contribution in [0.15, 0.2) is 47.5 Å². The van der Waals surface area contributed by atoms with Crippen molar-refractivity contribution in [3.63, 3.8) is 0 Å². The normalized spacial score (nSPS) is 15.9. The number of carbonyl (C=O) groups excluding carboxylic acids is 2. The molecule has 1 aliphatic rings. The van der Waals surface area contributed by atoms with Gasteiger partial charge in [-0.15, -0.1) is 0 Å². The number of Topliss-reactive ketones (excluding diaryl/α,β-unsaturated/α-hetero) is 1. The van der Waals surface area contributed by atoms with Crippen molar-refractivity contribution in [3.8, 4) is 11.5 Å². The first-order chi connectivity index (χ1) is 15.3. The highest BCUT2D eigenvalue weighted by Gasteiger charge is 2.33. The maximum absolute atomic E-state index is 12.3. The number of carboxylic acids is 1. The summed E-state index contributed by atoms with van der Waals surface area (Å²) in [5.74, 6) is -0.218. The summed E-state index contributed by atoms with van der Waals surface area (Å²) in [6, 6.07) is 11.5. The maximum Gasteiger partial charge on any atom is 0.414 e. The van der Waals surface area contributed by atoms with Gasteiger partial charge in [-0.25, -0.2) is 4.79 Å². The summed E-state index contributed by atoms with van der Waals surface area (Å²) in [4.78, 5) is 39.7. The van der Waals surface area contributed by atoms with Gasteiger partial charge in [0.05, 0.1) is 13.7 Å². The van der Waals surface area contributed by atoms with Gasteiger partial charge in [0.15, 0.2) is 23.4 Å². The number of carbonyl (C=O) groups is 3. The van der Waals surface area contributed by atoms with Crippen molar-refractivity contribution in [1.29, 1.82) is 0 Å². The number of ether oxygens (including phenoxy) is 3. The van der Waals surface area contributed by atoms with E-state index in [0.29, 0.717) is 28.3 Å². The van der Waals surface area contributed by atoms with Crippen LogP contribution < -0.4 is 20.1 Å². The highest BCUT2D eigenvalue weighted by molar-refractivity contribution is 5.99. The van der Waals surface area contributed by atoms with Gasteiger partial charge in [0.2, 0.25) is 0 Å². The summed E-state index contributed by atoms with van der Waals surface area (Å²) in [5, 5.41) is 8.68. The molecule has 1 saturated heterocycles. The number of rotatable bonds is 9. The number of nitrogens with two attached hydrogens (primary N) is 1. The van der Waals surface area contributed by atoms with E-state index in [1.54, 1.807) is 42.5 Å². The Morgan fingerprint density at radius 1 is 1.19 bits per heavy atom. The van der Waals surface area contributed by atoms with Crippen molar-refractivity contribution >= 4 is 29.4 Å². The molecule has 10 heteroatoms. The van der Waals surface area contributed by atoms with E-state index in [-0.39, 0.29) is 24.8 Å². The minimum atomic E-state index is -1.08. The number of benzene rings is 2. The summed E-state index contributed by atoms with van der Waals surface area (Å²) < 4.78 is 16.4. The van der Waals surface area contributed by atoms with Crippen LogP contribution in [0, 0.1) is 0 Å². The topological polar surface area (TPSA) is 141 Å². The average Bonchev–Trinajstić information content (AvgIpc) is 3.16. The smallest absolute Gasteiger partial charge is 0.414 e. The van der Waals surface area contributed by atoms with Gasteiger partial charge in [-0.1, -0.05) is 0 Å². The Balaban J connectivity index is 1.62. The molecule has 0 aliphatic carbocycles. The number of aliphatic imine (C=N–C) groups is 1. The number of methoxy groups -OCH3 is 1. The first kappa shape index (κ1) is 22.6. The largest absolute Gasteiger partial charge is 0.493 e. The van der Waals surface area contributed by atoms with Crippen LogP contribution in [0.5, 0.6) is 11.5 Å². The quantitative estimate of drug-likeness (QED) is 0.342. The number of ketones is 1. The molecule has 0 aromatic heterocycles. The molecular formula is C22H23N3O7. The fraction of sp³-hybridized carbons (Fsp3) is 0.273. The second kappa shape index (κ2) is 9.82. The zero-order valence-corrected chi connectivity index (χ0v) is 17.6. The van der Waals surface area contributed by atoms with Gasteiger partial charge in [-0.3, -0.25) is 19.5 Å². The predicted octanol–water partition coefficient (Wildman–Crippen LogP) is 2.09. The first-order valence-electron chi connectivity index (χ1n) is 9.70. The van der Waals surface area contributed by atoms with E-state index in [9.17, 15) is 14.4 Å². The fourth-order valence-electron chi connectivity index (χ4n) is 3.06. The predicted molar refractivity (Wildman–Crippen MR) is 116 cm³/mol. The number of hydrogen-bond donors (Lipinski definition) is 2. The summed E-state index contributed by atoms with van der Waals surface area (Å²) >= 11 is 0. The molecule has 1 aliphatic heterocycles. The number of aliphatic carboxylic acids is 1. The molecule has 0 radical (unpaired) electrons. The highest BCUT2D eigenvalue weighted by atomic mass is 16.6. The number of amides is 1. The lowest BCUT2D eigenvalue weighted by atomic mass is 10.1. The molecule has 1 amide bonds. The monoisotopic (exact) mass is 441 g/mol. The molecule has 3 N–H and O–H groups in total. The van der Waals surface area contributed by atoms with Gasteiger partial charge in [-0.05, 0) is 49.4 Å². The van der Waals surface area contributed by atoms with Crippen LogP contribution in [-0.2, 0) is 9.53 Å². The van der Waals surface area contributed by atoms with Crippen molar-refractivity contribution in [2.24, 2.45) is 10.7 Å². The van der Waals surface area contributed by atoms with E-state index in [0.717, 1.165) is 0 Å². The Hall–Kier alpha value is -4.08. The summed E-state index contributed by atoms with van der Waals surface area (Å²) in [6.45, 7) is 1.42. The molecule has 0 saturated carbocycles. The van der Waals surface area contributed by atoms with Crippen LogP contribution >= 0.6 is 0 Å². The molecule has 32 heavy (non-hydrogen) atoms. The highest BCUT2D eigenvalue weighted by Crippen LogP contribution is 2.29. The van der Waals surface area contributed by atoms with Crippen molar-refractivity contribution < 1.29 is 33.7 Å². The lowest BCUT2D eigenvalue weighted by Gasteiger charge is -2.15.